The number of hydrogen-bond donors (Lipinski definition) is 3. The van der Waals surface area contributed by atoms with Crippen LogP contribution in [0.5, 0.6) is 0 Å². The highest BCUT2D eigenvalue weighted by atomic mass is 16.7. The molecule has 3 aromatic rings. The molecule has 4 rings (SSSR count). The first kappa shape index (κ1) is 29.0. The molecule has 1 atom stereocenters. The van der Waals surface area contributed by atoms with Crippen LogP contribution in [-0.4, -0.2) is 70.3 Å². The Morgan fingerprint density at radius 1 is 1.17 bits per heavy atom. The second kappa shape index (κ2) is 12.4. The van der Waals surface area contributed by atoms with Gasteiger partial charge in [0.25, 0.3) is 11.8 Å². The molecule has 0 spiro atoms. The zero-order chi connectivity index (χ0) is 29.7. The summed E-state index contributed by atoms with van der Waals surface area (Å²) in [5.74, 6) is -1.36. The maximum atomic E-state index is 13.6. The normalized spacial score (nSPS) is 13.2. The average Bonchev–Trinajstić information content (AvgIpc) is 3.69. The largest absolute Gasteiger partial charge is 0.426 e. The van der Waals surface area contributed by atoms with E-state index >= 15 is 0 Å². The van der Waals surface area contributed by atoms with Gasteiger partial charge in [0, 0.05) is 24.3 Å². The highest BCUT2D eigenvalue weighted by molar-refractivity contribution is 6.05. The van der Waals surface area contributed by atoms with E-state index in [0.29, 0.717) is 35.2 Å². The summed E-state index contributed by atoms with van der Waals surface area (Å²) < 4.78 is 11.7. The molecule has 1 unspecified atom stereocenters. The number of carbonyl (C=O) groups is 5. The van der Waals surface area contributed by atoms with Crippen molar-refractivity contribution in [3.05, 3.63) is 53.0 Å². The minimum atomic E-state index is -0.977. The number of amides is 4. The molecule has 41 heavy (non-hydrogen) atoms. The molecular formula is C27H31N7O7. The second-order valence-corrected chi connectivity index (χ2v) is 9.49. The number of benzene rings is 1. The first-order chi connectivity index (χ1) is 19.7. The minimum Gasteiger partial charge on any atom is -0.426 e. The van der Waals surface area contributed by atoms with Crippen molar-refractivity contribution >= 4 is 47.3 Å². The van der Waals surface area contributed by atoms with E-state index in [0.717, 1.165) is 17.7 Å². The van der Waals surface area contributed by atoms with E-state index in [1.54, 1.807) is 39.1 Å². The molecule has 4 amide bonds. The minimum absolute atomic E-state index is 0.0754. The van der Waals surface area contributed by atoms with Gasteiger partial charge in [-0.05, 0) is 63.8 Å². The number of rotatable bonds is 11. The molecule has 0 saturated heterocycles. The van der Waals surface area contributed by atoms with E-state index in [1.165, 1.54) is 23.8 Å². The first-order valence-electron chi connectivity index (χ1n) is 13.0. The van der Waals surface area contributed by atoms with Crippen molar-refractivity contribution in [1.29, 1.82) is 0 Å². The van der Waals surface area contributed by atoms with Crippen molar-refractivity contribution in [2.45, 2.75) is 52.6 Å². The van der Waals surface area contributed by atoms with Crippen molar-refractivity contribution < 1.29 is 33.4 Å². The molecule has 1 fully saturated rings. The number of anilines is 2. The van der Waals surface area contributed by atoms with Crippen LogP contribution in [0.25, 0.3) is 5.52 Å². The van der Waals surface area contributed by atoms with Gasteiger partial charge >= 0.3 is 12.1 Å². The quantitative estimate of drug-likeness (QED) is 0.178. The molecule has 3 N–H and O–H groups in total. The van der Waals surface area contributed by atoms with Gasteiger partial charge < -0.3 is 25.4 Å². The number of aromatic nitrogens is 3. The first-order valence-corrected chi connectivity index (χ1v) is 13.0. The Kier molecular flexibility index (Phi) is 8.80. The number of ether oxygens (including phenoxy) is 2. The van der Waals surface area contributed by atoms with Crippen molar-refractivity contribution in [2.24, 2.45) is 0 Å². The molecule has 2 aromatic heterocycles. The number of aryl methyl sites for hydroxylation is 2. The molecule has 1 saturated carbocycles. The van der Waals surface area contributed by atoms with Crippen LogP contribution < -0.4 is 20.9 Å². The van der Waals surface area contributed by atoms with E-state index in [-0.39, 0.29) is 34.9 Å². The Bertz CT molecular complexity index is 1500. The molecular weight excluding hydrogens is 534 g/mol. The third-order valence-electron chi connectivity index (χ3n) is 6.46. The van der Waals surface area contributed by atoms with E-state index < -0.39 is 24.9 Å². The lowest BCUT2D eigenvalue weighted by Gasteiger charge is -2.24. The van der Waals surface area contributed by atoms with Gasteiger partial charge in [-0.25, -0.2) is 24.0 Å². The average molecular weight is 566 g/mol. The molecule has 0 bridgehead atoms. The van der Waals surface area contributed by atoms with Crippen LogP contribution in [0.3, 0.4) is 0 Å². The summed E-state index contributed by atoms with van der Waals surface area (Å²) in [5, 5.41) is 12.1. The summed E-state index contributed by atoms with van der Waals surface area (Å²) in [6, 6.07) is 3.98. The zero-order valence-corrected chi connectivity index (χ0v) is 23.1. The van der Waals surface area contributed by atoms with E-state index in [4.69, 9.17) is 9.47 Å². The van der Waals surface area contributed by atoms with E-state index in [1.807, 2.05) is 0 Å². The highest BCUT2D eigenvalue weighted by Gasteiger charge is 2.30. The van der Waals surface area contributed by atoms with Gasteiger partial charge in [0.2, 0.25) is 13.2 Å². The van der Waals surface area contributed by atoms with Gasteiger partial charge in [-0.1, -0.05) is 6.07 Å². The summed E-state index contributed by atoms with van der Waals surface area (Å²) >= 11 is 0. The monoisotopic (exact) mass is 565 g/mol. The number of esters is 1. The summed E-state index contributed by atoms with van der Waals surface area (Å²) in [5.41, 5.74) is 2.40. The predicted molar refractivity (Wildman–Crippen MR) is 146 cm³/mol. The summed E-state index contributed by atoms with van der Waals surface area (Å²) in [6.07, 6.45) is 3.98. The Balaban J connectivity index is 1.76. The molecule has 2 heterocycles. The second-order valence-electron chi connectivity index (χ2n) is 9.49. The molecule has 1 aromatic carbocycles. The summed E-state index contributed by atoms with van der Waals surface area (Å²) in [7, 11) is 0. The third-order valence-corrected chi connectivity index (χ3v) is 6.46. The molecule has 14 heteroatoms. The molecule has 14 nitrogen and oxygen atoms in total. The molecule has 1 aliphatic rings. The van der Waals surface area contributed by atoms with E-state index in [9.17, 15) is 24.0 Å². The van der Waals surface area contributed by atoms with Gasteiger partial charge in [0.05, 0.1) is 11.3 Å². The van der Waals surface area contributed by atoms with Crippen LogP contribution in [0, 0.1) is 13.8 Å². The standard InChI is InChI=1S/C27H31N7O7/c1-5-28-24(36)18-7-6-15(2)21(10-18)34(27(39)41-14-40-26(38)17(4)30-13-35)23-22-16(3)20(11-33(22)31-12-29-23)25(37)32-19-8-9-19/h6-7,10-13,17,19H,5,8-9,14H2,1-4H3,(H,28,36)(H,30,35)(H,32,37). The SMILES string of the molecule is CCNC(=O)c1ccc(C)c(N(C(=O)OCOC(=O)C(C)NC=O)c2ncnn3cc(C(=O)NC4CC4)c(C)c23)c1. The fourth-order valence-corrected chi connectivity index (χ4v) is 4.08. The Morgan fingerprint density at radius 3 is 2.61 bits per heavy atom. The van der Waals surface area contributed by atoms with Crippen LogP contribution >= 0.6 is 0 Å². The molecule has 0 aliphatic heterocycles. The fourth-order valence-electron chi connectivity index (χ4n) is 4.08. The lowest BCUT2D eigenvalue weighted by molar-refractivity contribution is -0.154. The molecule has 216 valence electrons. The summed E-state index contributed by atoms with van der Waals surface area (Å²) in [4.78, 5) is 67.3. The highest BCUT2D eigenvalue weighted by Crippen LogP contribution is 2.34. The van der Waals surface area contributed by atoms with Gasteiger partial charge in [-0.2, -0.15) is 5.10 Å². The topological polar surface area (TPSA) is 173 Å². The van der Waals surface area contributed by atoms with E-state index in [2.05, 4.69) is 26.0 Å². The van der Waals surface area contributed by atoms with Crippen molar-refractivity contribution in [2.75, 3.05) is 18.2 Å². The van der Waals surface area contributed by atoms with Gasteiger partial charge in [0.15, 0.2) is 5.82 Å². The van der Waals surface area contributed by atoms with Crippen LogP contribution in [0.2, 0.25) is 0 Å². The number of hydrogen-bond acceptors (Lipinski definition) is 9. The zero-order valence-electron chi connectivity index (χ0n) is 23.1. The summed E-state index contributed by atoms with van der Waals surface area (Å²) in [6.45, 7) is 6.29. The van der Waals surface area contributed by atoms with Gasteiger partial charge in [-0.15, -0.1) is 0 Å². The van der Waals surface area contributed by atoms with Gasteiger partial charge in [-0.3, -0.25) is 14.4 Å². The molecule has 1 aliphatic carbocycles. The number of nitrogens with zero attached hydrogens (tertiary/aromatic N) is 4. The van der Waals surface area contributed by atoms with Crippen LogP contribution in [-0.2, 0) is 19.1 Å². The van der Waals surface area contributed by atoms with Crippen molar-refractivity contribution in [3.8, 4) is 0 Å². The Hall–Kier alpha value is -5.01. The maximum absolute atomic E-state index is 13.6. The Labute approximate surface area is 235 Å². The number of carbonyl (C=O) groups excluding carboxylic acids is 5. The van der Waals surface area contributed by atoms with Crippen molar-refractivity contribution in [1.82, 2.24) is 30.5 Å². The molecule has 0 radical (unpaired) electrons. The lowest BCUT2D eigenvalue weighted by atomic mass is 10.1. The number of fused-ring (bicyclic) bond motifs is 1. The van der Waals surface area contributed by atoms with Crippen LogP contribution in [0.15, 0.2) is 30.7 Å². The smallest absolute Gasteiger partial charge is 0.423 e. The third kappa shape index (κ3) is 6.42. The van der Waals surface area contributed by atoms with Crippen LogP contribution in [0.4, 0.5) is 16.3 Å². The Morgan fingerprint density at radius 2 is 1.93 bits per heavy atom. The lowest BCUT2D eigenvalue weighted by Crippen LogP contribution is -2.36. The van der Waals surface area contributed by atoms with Gasteiger partial charge in [0.1, 0.15) is 17.9 Å². The maximum Gasteiger partial charge on any atom is 0.423 e. The number of nitrogens with one attached hydrogen (secondary N) is 3. The van der Waals surface area contributed by atoms with Crippen molar-refractivity contribution in [3.63, 3.8) is 0 Å². The predicted octanol–water partition coefficient (Wildman–Crippen LogP) is 1.90. The fraction of sp³-hybridized carbons (Fsp3) is 0.370. The van der Waals surface area contributed by atoms with Crippen LogP contribution in [0.1, 0.15) is 58.5 Å².